The van der Waals surface area contributed by atoms with Crippen molar-refractivity contribution in [1.82, 2.24) is 0 Å². The van der Waals surface area contributed by atoms with Crippen LogP contribution in [0.4, 0.5) is 0 Å². The maximum absolute atomic E-state index is 11.9. The third-order valence-electron chi connectivity index (χ3n) is 3.34. The molecule has 0 amide bonds. The average molecular weight is 284 g/mol. The van der Waals surface area contributed by atoms with Crippen LogP contribution in [0, 0.1) is 11.8 Å². The summed E-state index contributed by atoms with van der Waals surface area (Å²) < 4.78 is 47.7. The Morgan fingerprint density at radius 1 is 0.647 bits per heavy atom. The van der Waals surface area contributed by atoms with E-state index in [-0.39, 0.29) is 11.8 Å². The highest BCUT2D eigenvalue weighted by Gasteiger charge is 2.33. The average Bonchev–Trinajstić information content (AvgIpc) is 2.13. The van der Waals surface area contributed by atoms with Gasteiger partial charge < -0.3 is 0 Å². The van der Waals surface area contributed by atoms with Crippen molar-refractivity contribution in [3.05, 3.63) is 0 Å². The largest absolute Gasteiger partial charge is 0.227 e. The zero-order valence-electron chi connectivity index (χ0n) is 11.5. The van der Waals surface area contributed by atoms with Gasteiger partial charge in [-0.25, -0.2) is 16.8 Å². The molecule has 0 bridgehead atoms. The predicted molar refractivity (Wildman–Crippen MR) is 71.3 cm³/mol. The zero-order valence-corrected chi connectivity index (χ0v) is 13.1. The number of sulfone groups is 2. The van der Waals surface area contributed by atoms with Crippen molar-refractivity contribution < 1.29 is 16.8 Å². The topological polar surface area (TPSA) is 68.3 Å². The van der Waals surface area contributed by atoms with Crippen molar-refractivity contribution in [2.45, 2.75) is 52.0 Å². The van der Waals surface area contributed by atoms with E-state index in [1.165, 1.54) is 0 Å². The molecule has 0 aromatic heterocycles. The highest BCUT2D eigenvalue weighted by atomic mass is 32.3. The van der Waals surface area contributed by atoms with Crippen molar-refractivity contribution >= 4 is 19.7 Å². The van der Waals surface area contributed by atoms with Gasteiger partial charge in [-0.1, -0.05) is 27.7 Å². The molecule has 104 valence electrons. The van der Waals surface area contributed by atoms with Crippen LogP contribution in [0.25, 0.3) is 0 Å². The van der Waals surface area contributed by atoms with Gasteiger partial charge in [-0.2, -0.15) is 0 Å². The molecule has 0 spiro atoms. The summed E-state index contributed by atoms with van der Waals surface area (Å²) in [5, 5.41) is -1.99. The normalized spacial score (nSPS) is 17.4. The molecule has 0 aliphatic heterocycles. The summed E-state index contributed by atoms with van der Waals surface area (Å²) in [5.74, 6) is -0.158. The lowest BCUT2D eigenvalue weighted by Crippen LogP contribution is -2.35. The van der Waals surface area contributed by atoms with Gasteiger partial charge in [0.2, 0.25) is 0 Å². The molecule has 17 heavy (non-hydrogen) atoms. The Labute approximate surface area is 106 Å². The zero-order chi connectivity index (χ0) is 14.0. The SMILES string of the molecule is CC(C)C(C)S(=O)(=O)CS(=O)(=O)C(C)C(C)C. The lowest BCUT2D eigenvalue weighted by molar-refractivity contribution is 0.538. The molecule has 0 radical (unpaired) electrons. The Morgan fingerprint density at radius 3 is 1.06 bits per heavy atom. The van der Waals surface area contributed by atoms with Crippen molar-refractivity contribution in [1.29, 1.82) is 0 Å². The van der Waals surface area contributed by atoms with Gasteiger partial charge in [0.15, 0.2) is 24.8 Å². The van der Waals surface area contributed by atoms with Crippen LogP contribution in [0.2, 0.25) is 0 Å². The molecule has 0 heterocycles. The Hall–Kier alpha value is -0.100. The predicted octanol–water partition coefficient (Wildman–Crippen LogP) is 1.86. The lowest BCUT2D eigenvalue weighted by Gasteiger charge is -2.20. The Kier molecular flexibility index (Phi) is 5.66. The van der Waals surface area contributed by atoms with Gasteiger partial charge in [0.25, 0.3) is 0 Å². The first-order valence-electron chi connectivity index (χ1n) is 5.85. The Bertz CT molecular complexity index is 390. The summed E-state index contributed by atoms with van der Waals surface area (Å²) in [6.45, 7) is 10.2. The minimum absolute atomic E-state index is 0.0791. The molecular weight excluding hydrogens is 260 g/mol. The quantitative estimate of drug-likeness (QED) is 0.746. The van der Waals surface area contributed by atoms with Crippen LogP contribution >= 0.6 is 0 Å². The fourth-order valence-electron chi connectivity index (χ4n) is 1.27. The van der Waals surface area contributed by atoms with Crippen molar-refractivity contribution in [3.63, 3.8) is 0 Å². The highest BCUT2D eigenvalue weighted by molar-refractivity contribution is 8.08. The van der Waals surface area contributed by atoms with Gasteiger partial charge in [0, 0.05) is 0 Å². The van der Waals surface area contributed by atoms with Gasteiger partial charge in [-0.05, 0) is 25.7 Å². The molecule has 2 atom stereocenters. The van der Waals surface area contributed by atoms with Gasteiger partial charge in [-0.15, -0.1) is 0 Å². The maximum atomic E-state index is 11.9. The van der Waals surface area contributed by atoms with Crippen molar-refractivity contribution in [2.24, 2.45) is 11.8 Å². The van der Waals surface area contributed by atoms with Gasteiger partial charge >= 0.3 is 0 Å². The molecule has 0 aliphatic rings. The van der Waals surface area contributed by atoms with Crippen LogP contribution in [0.1, 0.15) is 41.5 Å². The van der Waals surface area contributed by atoms with Crippen molar-refractivity contribution in [3.8, 4) is 0 Å². The highest BCUT2D eigenvalue weighted by Crippen LogP contribution is 2.19. The summed E-state index contributed by atoms with van der Waals surface area (Å²) in [6.07, 6.45) is 0. The molecule has 0 aromatic carbocycles. The second kappa shape index (κ2) is 5.69. The van der Waals surface area contributed by atoms with Crippen LogP contribution < -0.4 is 0 Å². The van der Waals surface area contributed by atoms with Crippen LogP contribution in [0.5, 0.6) is 0 Å². The molecule has 4 nitrogen and oxygen atoms in total. The van der Waals surface area contributed by atoms with Gasteiger partial charge in [-0.3, -0.25) is 0 Å². The summed E-state index contributed by atoms with van der Waals surface area (Å²) >= 11 is 0. The Balaban J connectivity index is 5.10. The van der Waals surface area contributed by atoms with E-state index in [9.17, 15) is 16.8 Å². The van der Waals surface area contributed by atoms with E-state index < -0.39 is 35.3 Å². The second-order valence-electron chi connectivity index (χ2n) is 5.34. The number of hydrogen-bond donors (Lipinski definition) is 0. The Morgan fingerprint density at radius 2 is 0.882 bits per heavy atom. The summed E-state index contributed by atoms with van der Waals surface area (Å²) in [6, 6.07) is 0. The van der Waals surface area contributed by atoms with E-state index in [0.29, 0.717) is 0 Å². The van der Waals surface area contributed by atoms with E-state index in [2.05, 4.69) is 0 Å². The lowest BCUT2D eigenvalue weighted by atomic mass is 10.2. The van der Waals surface area contributed by atoms with E-state index >= 15 is 0 Å². The third-order valence-corrected chi connectivity index (χ3v) is 9.32. The fourth-order valence-corrected chi connectivity index (χ4v) is 6.48. The summed E-state index contributed by atoms with van der Waals surface area (Å²) in [4.78, 5) is 0. The fraction of sp³-hybridized carbons (Fsp3) is 1.00. The molecule has 0 saturated carbocycles. The molecule has 0 saturated heterocycles. The summed E-state index contributed by atoms with van der Waals surface area (Å²) in [7, 11) is -7.17. The van der Waals surface area contributed by atoms with Crippen LogP contribution in [-0.4, -0.2) is 32.4 Å². The monoisotopic (exact) mass is 284 g/mol. The standard InChI is InChI=1S/C11H24O4S2/c1-8(2)10(5)16(12,13)7-17(14,15)11(6)9(3)4/h8-11H,7H2,1-6H3. The van der Waals surface area contributed by atoms with Gasteiger partial charge in [0.05, 0.1) is 10.5 Å². The van der Waals surface area contributed by atoms with E-state index in [4.69, 9.17) is 0 Å². The maximum Gasteiger partial charge on any atom is 0.167 e. The minimum atomic E-state index is -3.58. The molecule has 0 aromatic rings. The van der Waals surface area contributed by atoms with Gasteiger partial charge in [0.1, 0.15) is 0 Å². The second-order valence-corrected chi connectivity index (χ2v) is 10.4. The molecule has 0 N–H and O–H groups in total. The number of rotatable bonds is 6. The van der Waals surface area contributed by atoms with E-state index in [1.54, 1.807) is 41.5 Å². The number of hydrogen-bond acceptors (Lipinski definition) is 4. The van der Waals surface area contributed by atoms with Crippen molar-refractivity contribution in [2.75, 3.05) is 5.08 Å². The minimum Gasteiger partial charge on any atom is -0.227 e. The smallest absolute Gasteiger partial charge is 0.167 e. The third kappa shape index (κ3) is 4.58. The first-order chi connectivity index (χ1) is 7.42. The molecule has 0 rings (SSSR count). The summed E-state index contributed by atoms with van der Waals surface area (Å²) in [5.41, 5.74) is 0. The van der Waals surface area contributed by atoms with Crippen LogP contribution in [0.3, 0.4) is 0 Å². The first-order valence-corrected chi connectivity index (χ1v) is 9.28. The van der Waals surface area contributed by atoms with Crippen LogP contribution in [-0.2, 0) is 19.7 Å². The van der Waals surface area contributed by atoms with Crippen LogP contribution in [0.15, 0.2) is 0 Å². The van der Waals surface area contributed by atoms with E-state index in [1.807, 2.05) is 0 Å². The molecular formula is C11H24O4S2. The molecule has 6 heteroatoms. The molecule has 2 unspecified atom stereocenters. The molecule has 0 fully saturated rings. The molecule has 0 aliphatic carbocycles. The van der Waals surface area contributed by atoms with E-state index in [0.717, 1.165) is 0 Å². The first kappa shape index (κ1) is 16.9.